The Morgan fingerprint density at radius 1 is 1.59 bits per heavy atom. The summed E-state index contributed by atoms with van der Waals surface area (Å²) in [5.41, 5.74) is 2.98. The summed E-state index contributed by atoms with van der Waals surface area (Å²) >= 11 is 1.64. The number of nitrogens with one attached hydrogen (secondary N) is 1. The van der Waals surface area contributed by atoms with Crippen molar-refractivity contribution in [2.75, 3.05) is 26.4 Å². The summed E-state index contributed by atoms with van der Waals surface area (Å²) in [7, 11) is 0. The molecule has 17 heavy (non-hydrogen) atoms. The number of nitrogens with zero attached hydrogens (tertiary/aromatic N) is 1. The lowest BCUT2D eigenvalue weighted by atomic mass is 10.2. The van der Waals surface area contributed by atoms with E-state index in [1.807, 2.05) is 5.51 Å². The molecule has 0 radical (unpaired) electrons. The summed E-state index contributed by atoms with van der Waals surface area (Å²) in [6, 6.07) is 0. The van der Waals surface area contributed by atoms with Crippen LogP contribution in [0.5, 0.6) is 0 Å². The number of thiazole rings is 1. The van der Waals surface area contributed by atoms with E-state index in [1.54, 1.807) is 11.3 Å². The van der Waals surface area contributed by atoms with E-state index in [1.165, 1.54) is 6.42 Å². The van der Waals surface area contributed by atoms with Crippen molar-refractivity contribution in [1.29, 1.82) is 0 Å². The minimum Gasteiger partial charge on any atom is -0.379 e. The quantitative estimate of drug-likeness (QED) is 0.721. The van der Waals surface area contributed by atoms with Crippen molar-refractivity contribution in [3.63, 3.8) is 0 Å². The third-order valence-electron chi connectivity index (χ3n) is 2.76. The van der Waals surface area contributed by atoms with Crippen molar-refractivity contribution >= 4 is 11.3 Å². The van der Waals surface area contributed by atoms with Crippen molar-refractivity contribution < 1.29 is 9.47 Å². The van der Waals surface area contributed by atoms with E-state index >= 15 is 0 Å². The largest absolute Gasteiger partial charge is 0.379 e. The SMILES string of the molecule is c1nc(CNCCCOCC2CCCO2)cs1. The number of ether oxygens (including phenoxy) is 2. The summed E-state index contributed by atoms with van der Waals surface area (Å²) in [5.74, 6) is 0. The Bertz CT molecular complexity index is 287. The first-order valence-electron chi connectivity index (χ1n) is 6.22. The first-order valence-corrected chi connectivity index (χ1v) is 7.16. The van der Waals surface area contributed by atoms with Gasteiger partial charge in [-0.2, -0.15) is 0 Å². The van der Waals surface area contributed by atoms with E-state index in [2.05, 4.69) is 15.7 Å². The van der Waals surface area contributed by atoms with Crippen molar-refractivity contribution in [2.24, 2.45) is 0 Å². The van der Waals surface area contributed by atoms with Crippen LogP contribution in [-0.4, -0.2) is 37.5 Å². The maximum absolute atomic E-state index is 5.58. The number of rotatable bonds is 8. The molecular formula is C12H20N2O2S. The van der Waals surface area contributed by atoms with Gasteiger partial charge in [0.25, 0.3) is 0 Å². The van der Waals surface area contributed by atoms with Gasteiger partial charge >= 0.3 is 0 Å². The van der Waals surface area contributed by atoms with E-state index in [0.29, 0.717) is 6.10 Å². The number of hydrogen-bond acceptors (Lipinski definition) is 5. The van der Waals surface area contributed by atoms with Gasteiger partial charge < -0.3 is 14.8 Å². The normalized spacial score (nSPS) is 19.9. The van der Waals surface area contributed by atoms with Crippen LogP contribution in [0.15, 0.2) is 10.9 Å². The standard InChI is InChI=1S/C12H20N2O2S/c1-3-12(16-6-1)8-15-5-2-4-13-7-11-9-17-10-14-11/h9-10,12-13H,1-8H2. The molecule has 1 aliphatic heterocycles. The van der Waals surface area contributed by atoms with E-state index in [4.69, 9.17) is 9.47 Å². The monoisotopic (exact) mass is 256 g/mol. The second-order valence-electron chi connectivity index (χ2n) is 4.22. The molecule has 5 heteroatoms. The highest BCUT2D eigenvalue weighted by molar-refractivity contribution is 7.07. The molecule has 0 saturated carbocycles. The first kappa shape index (κ1) is 13.0. The van der Waals surface area contributed by atoms with Crippen LogP contribution in [-0.2, 0) is 16.0 Å². The van der Waals surface area contributed by atoms with E-state index in [-0.39, 0.29) is 0 Å². The Kier molecular flexibility index (Phi) is 5.92. The van der Waals surface area contributed by atoms with E-state index in [0.717, 1.165) is 51.4 Å². The minimum absolute atomic E-state index is 0.345. The molecule has 2 rings (SSSR count). The van der Waals surface area contributed by atoms with Crippen LogP contribution in [0.1, 0.15) is 25.0 Å². The summed E-state index contributed by atoms with van der Waals surface area (Å²) in [6.45, 7) is 4.30. The summed E-state index contributed by atoms with van der Waals surface area (Å²) in [6.07, 6.45) is 3.72. The second kappa shape index (κ2) is 7.76. The van der Waals surface area contributed by atoms with Gasteiger partial charge in [-0.3, -0.25) is 0 Å². The Hall–Kier alpha value is -0.490. The van der Waals surface area contributed by atoms with Gasteiger partial charge in [0.05, 0.1) is 23.9 Å². The smallest absolute Gasteiger partial charge is 0.0809 e. The molecule has 1 fully saturated rings. The lowest BCUT2D eigenvalue weighted by molar-refractivity contribution is 0.0166. The molecule has 96 valence electrons. The highest BCUT2D eigenvalue weighted by Crippen LogP contribution is 2.11. The topological polar surface area (TPSA) is 43.4 Å². The molecule has 2 heterocycles. The molecule has 4 nitrogen and oxygen atoms in total. The molecule has 1 atom stereocenters. The molecule has 1 aromatic heterocycles. The minimum atomic E-state index is 0.345. The molecule has 1 aromatic rings. The third-order valence-corrected chi connectivity index (χ3v) is 3.39. The number of hydrogen-bond donors (Lipinski definition) is 1. The Balaban J connectivity index is 1.39. The van der Waals surface area contributed by atoms with Gasteiger partial charge in [0, 0.05) is 25.1 Å². The molecule has 1 saturated heterocycles. The zero-order valence-corrected chi connectivity index (χ0v) is 10.9. The Labute approximate surface area is 106 Å². The van der Waals surface area contributed by atoms with Crippen molar-refractivity contribution in [1.82, 2.24) is 10.3 Å². The van der Waals surface area contributed by atoms with Gasteiger partial charge in [-0.05, 0) is 25.8 Å². The predicted octanol–water partition coefficient (Wildman–Crippen LogP) is 1.82. The highest BCUT2D eigenvalue weighted by Gasteiger charge is 2.14. The van der Waals surface area contributed by atoms with Crippen LogP contribution in [0.25, 0.3) is 0 Å². The van der Waals surface area contributed by atoms with Crippen LogP contribution >= 0.6 is 11.3 Å². The summed E-state index contributed by atoms with van der Waals surface area (Å²) < 4.78 is 11.1. The molecule has 1 N–H and O–H groups in total. The second-order valence-corrected chi connectivity index (χ2v) is 4.94. The molecule has 0 aliphatic carbocycles. The molecule has 0 bridgehead atoms. The maximum atomic E-state index is 5.58. The molecule has 0 aromatic carbocycles. The van der Waals surface area contributed by atoms with Crippen LogP contribution in [0.2, 0.25) is 0 Å². The highest BCUT2D eigenvalue weighted by atomic mass is 32.1. The van der Waals surface area contributed by atoms with Crippen LogP contribution in [0.3, 0.4) is 0 Å². The molecule has 0 spiro atoms. The van der Waals surface area contributed by atoms with Gasteiger partial charge in [0.15, 0.2) is 0 Å². The van der Waals surface area contributed by atoms with Gasteiger partial charge in [-0.25, -0.2) is 4.98 Å². The van der Waals surface area contributed by atoms with Gasteiger partial charge in [0.2, 0.25) is 0 Å². The Morgan fingerprint density at radius 3 is 3.35 bits per heavy atom. The first-order chi connectivity index (χ1) is 8.45. The summed E-state index contributed by atoms with van der Waals surface area (Å²) in [4.78, 5) is 4.21. The van der Waals surface area contributed by atoms with Crippen LogP contribution in [0, 0.1) is 0 Å². The van der Waals surface area contributed by atoms with E-state index < -0.39 is 0 Å². The average molecular weight is 256 g/mol. The van der Waals surface area contributed by atoms with Crippen molar-refractivity contribution in [3.05, 3.63) is 16.6 Å². The van der Waals surface area contributed by atoms with Gasteiger partial charge in [-0.15, -0.1) is 11.3 Å². The molecule has 1 unspecified atom stereocenters. The lowest BCUT2D eigenvalue weighted by Gasteiger charge is -2.10. The average Bonchev–Trinajstić information content (AvgIpc) is 3.00. The molecular weight excluding hydrogens is 236 g/mol. The fourth-order valence-corrected chi connectivity index (χ4v) is 2.39. The fraction of sp³-hybridized carbons (Fsp3) is 0.750. The molecule has 1 aliphatic rings. The van der Waals surface area contributed by atoms with Crippen LogP contribution in [0.4, 0.5) is 0 Å². The fourth-order valence-electron chi connectivity index (χ4n) is 1.83. The predicted molar refractivity (Wildman–Crippen MR) is 68.2 cm³/mol. The van der Waals surface area contributed by atoms with Gasteiger partial charge in [0.1, 0.15) is 0 Å². The van der Waals surface area contributed by atoms with Gasteiger partial charge in [-0.1, -0.05) is 0 Å². The lowest BCUT2D eigenvalue weighted by Crippen LogP contribution is -2.19. The van der Waals surface area contributed by atoms with Crippen molar-refractivity contribution in [3.8, 4) is 0 Å². The number of aromatic nitrogens is 1. The zero-order valence-electron chi connectivity index (χ0n) is 10.1. The van der Waals surface area contributed by atoms with Crippen molar-refractivity contribution in [2.45, 2.75) is 31.9 Å². The van der Waals surface area contributed by atoms with Crippen LogP contribution < -0.4 is 5.32 Å². The third kappa shape index (κ3) is 5.12. The maximum Gasteiger partial charge on any atom is 0.0809 e. The summed E-state index contributed by atoms with van der Waals surface area (Å²) in [5, 5.41) is 5.42. The zero-order chi connectivity index (χ0) is 11.8. The van der Waals surface area contributed by atoms with E-state index in [9.17, 15) is 0 Å². The Morgan fingerprint density at radius 2 is 2.59 bits per heavy atom. The molecule has 0 amide bonds.